The minimum Gasteiger partial charge on any atom is -0.315 e. The zero-order valence-corrected chi connectivity index (χ0v) is 22.9. The number of nitrogens with zero attached hydrogens (tertiary/aromatic N) is 2. The topological polar surface area (TPSA) is 9.34 Å². The maximum absolute atomic E-state index is 2.37. The second-order valence-electron chi connectivity index (χ2n) is 11.0. The summed E-state index contributed by atoms with van der Waals surface area (Å²) in [4.78, 5) is 0. The van der Waals surface area contributed by atoms with E-state index in [0.717, 1.165) is 0 Å². The fourth-order valence-electron chi connectivity index (χ4n) is 6.82. The van der Waals surface area contributed by atoms with Crippen LogP contribution in [0.2, 0.25) is 0 Å². The van der Waals surface area contributed by atoms with Gasteiger partial charge in [-0.05, 0) is 58.5 Å². The maximum atomic E-state index is 2.37. The Kier molecular flexibility index (Phi) is 4.93. The van der Waals surface area contributed by atoms with Crippen LogP contribution in [0.5, 0.6) is 0 Å². The number of para-hydroxylation sites is 3. The number of fused-ring (bicyclic) bond motifs is 8. The molecule has 0 atom stereocenters. The lowest BCUT2D eigenvalue weighted by Gasteiger charge is -2.10. The van der Waals surface area contributed by atoms with Gasteiger partial charge in [0.1, 0.15) is 0 Å². The van der Waals surface area contributed by atoms with Crippen LogP contribution in [0.25, 0.3) is 76.9 Å². The first-order valence-electron chi connectivity index (χ1n) is 14.5. The smallest absolute Gasteiger partial charge is 0.0619 e. The van der Waals surface area contributed by atoms with Crippen molar-refractivity contribution in [2.45, 2.75) is 0 Å². The van der Waals surface area contributed by atoms with Crippen LogP contribution in [0.1, 0.15) is 0 Å². The first-order chi connectivity index (χ1) is 20.8. The molecular formula is C40H26N2. The molecule has 6 aromatic carbocycles. The Morgan fingerprint density at radius 3 is 1.52 bits per heavy atom. The highest BCUT2D eigenvalue weighted by molar-refractivity contribution is 6.14. The molecule has 0 spiro atoms. The van der Waals surface area contributed by atoms with Gasteiger partial charge >= 0.3 is 0 Å². The fraction of sp³-hybridized carbons (Fsp3) is 0. The molecule has 0 bridgehead atoms. The largest absolute Gasteiger partial charge is 0.315 e. The number of pyridine rings is 1. The molecule has 0 aliphatic carbocycles. The van der Waals surface area contributed by atoms with Crippen LogP contribution in [-0.2, 0) is 0 Å². The van der Waals surface area contributed by atoms with Gasteiger partial charge in [0.05, 0.1) is 22.1 Å². The van der Waals surface area contributed by atoms with E-state index in [1.807, 2.05) is 0 Å². The van der Waals surface area contributed by atoms with Gasteiger partial charge < -0.3 is 8.97 Å². The minimum atomic E-state index is 1.17. The van der Waals surface area contributed by atoms with E-state index in [-0.39, 0.29) is 0 Å². The van der Waals surface area contributed by atoms with Crippen LogP contribution in [0, 0.1) is 0 Å². The Morgan fingerprint density at radius 1 is 0.357 bits per heavy atom. The Balaban J connectivity index is 1.15. The third kappa shape index (κ3) is 3.33. The molecule has 9 rings (SSSR count). The van der Waals surface area contributed by atoms with Gasteiger partial charge in [-0.3, -0.25) is 0 Å². The summed E-state index contributed by atoms with van der Waals surface area (Å²) < 4.78 is 4.71. The van der Waals surface area contributed by atoms with Crippen molar-refractivity contribution >= 4 is 49.0 Å². The van der Waals surface area contributed by atoms with Crippen molar-refractivity contribution in [3.8, 4) is 27.9 Å². The molecule has 42 heavy (non-hydrogen) atoms. The van der Waals surface area contributed by atoms with Crippen LogP contribution < -0.4 is 0 Å². The molecule has 9 aromatic rings. The van der Waals surface area contributed by atoms with Gasteiger partial charge in [0.2, 0.25) is 0 Å². The Bertz CT molecular complexity index is 2390. The first kappa shape index (κ1) is 23.1. The van der Waals surface area contributed by atoms with Gasteiger partial charge in [0, 0.05) is 39.0 Å². The van der Waals surface area contributed by atoms with E-state index in [4.69, 9.17) is 0 Å². The van der Waals surface area contributed by atoms with E-state index in [1.165, 1.54) is 76.9 Å². The van der Waals surface area contributed by atoms with Crippen LogP contribution in [0.15, 0.2) is 158 Å². The zero-order chi connectivity index (χ0) is 27.6. The lowest BCUT2D eigenvalue weighted by Crippen LogP contribution is -1.93. The number of benzene rings is 6. The summed E-state index contributed by atoms with van der Waals surface area (Å²) in [5.74, 6) is 0. The lowest BCUT2D eigenvalue weighted by atomic mass is 9.97. The average molecular weight is 535 g/mol. The Hall–Kier alpha value is -5.60. The third-order valence-electron chi connectivity index (χ3n) is 8.74. The molecule has 196 valence electrons. The second-order valence-corrected chi connectivity index (χ2v) is 11.0. The third-order valence-corrected chi connectivity index (χ3v) is 8.74. The summed E-state index contributed by atoms with van der Waals surface area (Å²) in [6.07, 6.45) is 2.20. The molecule has 0 unspecified atom stereocenters. The van der Waals surface area contributed by atoms with E-state index in [9.17, 15) is 0 Å². The van der Waals surface area contributed by atoms with Crippen molar-refractivity contribution in [3.05, 3.63) is 158 Å². The predicted molar refractivity (Wildman–Crippen MR) is 178 cm³/mol. The Labute approximate surface area is 243 Å². The predicted octanol–water partition coefficient (Wildman–Crippen LogP) is 10.7. The van der Waals surface area contributed by atoms with Gasteiger partial charge in [-0.25, -0.2) is 0 Å². The normalized spacial score (nSPS) is 11.8. The minimum absolute atomic E-state index is 1.17. The summed E-state index contributed by atoms with van der Waals surface area (Å²) >= 11 is 0. The Morgan fingerprint density at radius 2 is 0.857 bits per heavy atom. The van der Waals surface area contributed by atoms with E-state index >= 15 is 0 Å². The number of rotatable bonds is 3. The number of aromatic nitrogens is 2. The summed E-state index contributed by atoms with van der Waals surface area (Å²) in [6, 6.07) is 55.0. The first-order valence-corrected chi connectivity index (χ1v) is 14.5. The van der Waals surface area contributed by atoms with Gasteiger partial charge in [0.15, 0.2) is 0 Å². The second kappa shape index (κ2) is 8.95. The van der Waals surface area contributed by atoms with E-state index in [0.29, 0.717) is 0 Å². The summed E-state index contributed by atoms with van der Waals surface area (Å²) in [5.41, 5.74) is 11.1. The van der Waals surface area contributed by atoms with Crippen LogP contribution in [-0.4, -0.2) is 8.97 Å². The molecule has 0 N–H and O–H groups in total. The fourth-order valence-corrected chi connectivity index (χ4v) is 6.82. The highest BCUT2D eigenvalue weighted by Crippen LogP contribution is 2.39. The van der Waals surface area contributed by atoms with Gasteiger partial charge in [-0.2, -0.15) is 0 Å². The summed E-state index contributed by atoms with van der Waals surface area (Å²) in [5, 5.41) is 6.37. The highest BCUT2D eigenvalue weighted by atomic mass is 15.0. The van der Waals surface area contributed by atoms with Crippen molar-refractivity contribution in [1.82, 2.24) is 8.97 Å². The molecule has 0 aliphatic heterocycles. The maximum Gasteiger partial charge on any atom is 0.0619 e. The van der Waals surface area contributed by atoms with Crippen LogP contribution in [0.3, 0.4) is 0 Å². The van der Waals surface area contributed by atoms with Gasteiger partial charge in [-0.1, -0.05) is 115 Å². The molecule has 2 heteroatoms. The SMILES string of the molecule is c1ccc2c(c1)ccn1c3ccccc3c(-c3ccc(-c4ccc(-n5c6ccccc6c6ccccc65)cc4)cc3)c21. The average Bonchev–Trinajstić information content (AvgIpc) is 3.58. The van der Waals surface area contributed by atoms with Crippen molar-refractivity contribution in [1.29, 1.82) is 0 Å². The lowest BCUT2D eigenvalue weighted by molar-refractivity contribution is 1.18. The van der Waals surface area contributed by atoms with Crippen molar-refractivity contribution in [2.24, 2.45) is 0 Å². The molecule has 0 aliphatic rings. The van der Waals surface area contributed by atoms with Crippen molar-refractivity contribution in [2.75, 3.05) is 0 Å². The molecule has 0 saturated carbocycles. The van der Waals surface area contributed by atoms with E-state index in [2.05, 4.69) is 167 Å². The number of hydrogen-bond acceptors (Lipinski definition) is 0. The molecule has 0 fully saturated rings. The number of hydrogen-bond donors (Lipinski definition) is 0. The monoisotopic (exact) mass is 534 g/mol. The molecular weight excluding hydrogens is 508 g/mol. The van der Waals surface area contributed by atoms with E-state index < -0.39 is 0 Å². The van der Waals surface area contributed by atoms with Crippen LogP contribution >= 0.6 is 0 Å². The van der Waals surface area contributed by atoms with E-state index in [1.54, 1.807) is 0 Å². The van der Waals surface area contributed by atoms with Crippen molar-refractivity contribution in [3.63, 3.8) is 0 Å². The van der Waals surface area contributed by atoms with Gasteiger partial charge in [-0.15, -0.1) is 0 Å². The molecule has 3 aromatic heterocycles. The molecule has 0 radical (unpaired) electrons. The quantitative estimate of drug-likeness (QED) is 0.213. The highest BCUT2D eigenvalue weighted by Gasteiger charge is 2.16. The zero-order valence-electron chi connectivity index (χ0n) is 22.9. The molecule has 3 heterocycles. The summed E-state index contributed by atoms with van der Waals surface area (Å²) in [6.45, 7) is 0. The van der Waals surface area contributed by atoms with Crippen LogP contribution in [0.4, 0.5) is 0 Å². The molecule has 2 nitrogen and oxygen atoms in total. The molecule has 0 amide bonds. The summed E-state index contributed by atoms with van der Waals surface area (Å²) in [7, 11) is 0. The standard InChI is InChI=1S/C40H26N2/c1-2-10-32-29(9-1)25-26-41-36-14-6-5-13-35(36)39(40(32)41)30-19-17-27(18-20-30)28-21-23-31(24-22-28)42-37-15-7-3-11-33(37)34-12-4-8-16-38(34)42/h1-26H. The molecule has 0 saturated heterocycles. The van der Waals surface area contributed by atoms with Crippen molar-refractivity contribution < 1.29 is 0 Å². The van der Waals surface area contributed by atoms with Gasteiger partial charge in [0.25, 0.3) is 0 Å².